The first-order valence-electron chi connectivity index (χ1n) is 7.91. The minimum Gasteiger partial charge on any atom is -0.465 e. The number of benzene rings is 1. The smallest absolute Gasteiger partial charge is 0.407 e. The summed E-state index contributed by atoms with van der Waals surface area (Å²) in [6, 6.07) is 15.5. The molecule has 3 N–H and O–H groups in total. The molecule has 0 aliphatic carbocycles. The summed E-state index contributed by atoms with van der Waals surface area (Å²) in [5.41, 5.74) is 9.00. The zero-order valence-electron chi connectivity index (χ0n) is 12.9. The van der Waals surface area contributed by atoms with Crippen LogP contribution in [-0.4, -0.2) is 39.7 Å². The summed E-state index contributed by atoms with van der Waals surface area (Å²) in [6.45, 7) is 0.548. The first kappa shape index (κ1) is 15.5. The Hall–Kier alpha value is -2.40. The van der Waals surface area contributed by atoms with Crippen LogP contribution in [0.3, 0.4) is 0 Å². The fraction of sp³-hybridized carbons (Fsp3) is 0.333. The van der Waals surface area contributed by atoms with Crippen LogP contribution in [0.25, 0.3) is 11.3 Å². The van der Waals surface area contributed by atoms with E-state index in [1.54, 1.807) is 0 Å². The average molecular weight is 311 g/mol. The molecule has 5 nitrogen and oxygen atoms in total. The lowest BCUT2D eigenvalue weighted by Crippen LogP contribution is -2.55. The number of nitrogens with zero attached hydrogens (tertiary/aromatic N) is 2. The Labute approximate surface area is 135 Å². The largest absolute Gasteiger partial charge is 0.465 e. The molecule has 0 unspecified atom stereocenters. The molecule has 0 radical (unpaired) electrons. The molecule has 0 spiro atoms. The van der Waals surface area contributed by atoms with E-state index in [4.69, 9.17) is 10.7 Å². The van der Waals surface area contributed by atoms with Crippen molar-refractivity contribution < 1.29 is 9.90 Å². The van der Waals surface area contributed by atoms with Crippen LogP contribution < -0.4 is 5.73 Å². The van der Waals surface area contributed by atoms with E-state index in [1.165, 1.54) is 4.90 Å². The first-order valence-corrected chi connectivity index (χ1v) is 7.91. The maximum atomic E-state index is 11.4. The Morgan fingerprint density at radius 1 is 1.22 bits per heavy atom. The predicted octanol–water partition coefficient (Wildman–Crippen LogP) is 2.76. The van der Waals surface area contributed by atoms with Crippen LogP contribution in [0.2, 0.25) is 0 Å². The Kier molecular flexibility index (Phi) is 4.57. The van der Waals surface area contributed by atoms with Crippen LogP contribution in [0.4, 0.5) is 4.79 Å². The number of amides is 1. The van der Waals surface area contributed by atoms with Crippen LogP contribution in [-0.2, 0) is 6.42 Å². The van der Waals surface area contributed by atoms with Gasteiger partial charge in [0, 0.05) is 30.3 Å². The predicted molar refractivity (Wildman–Crippen MR) is 89.1 cm³/mol. The lowest BCUT2D eigenvalue weighted by atomic mass is 9.93. The third kappa shape index (κ3) is 3.51. The molecular formula is C18H21N3O2. The van der Waals surface area contributed by atoms with Gasteiger partial charge < -0.3 is 15.7 Å². The standard InChI is InChI=1S/C18H21N3O2/c19-15-9-5-11-21(18(22)23)17(15)12-14-8-4-10-16(20-14)13-6-2-1-3-7-13/h1-4,6-8,10,15,17H,5,9,11-12,19H2,(H,22,23)/t15-,17-/m0/s1. The van der Waals surface area contributed by atoms with E-state index < -0.39 is 6.09 Å². The number of carboxylic acid groups (broad SMARTS) is 1. The molecule has 1 fully saturated rings. The number of likely N-dealkylation sites (tertiary alicyclic amines) is 1. The van der Waals surface area contributed by atoms with Crippen LogP contribution in [0, 0.1) is 0 Å². The van der Waals surface area contributed by atoms with E-state index >= 15 is 0 Å². The minimum absolute atomic E-state index is 0.137. The number of rotatable bonds is 3. The highest BCUT2D eigenvalue weighted by atomic mass is 16.4. The normalized spacial score (nSPS) is 21.2. The molecule has 2 aromatic rings. The average Bonchev–Trinajstić information content (AvgIpc) is 2.57. The SMILES string of the molecule is N[C@H]1CCCN(C(=O)O)[C@H]1Cc1cccc(-c2ccccc2)n1. The quantitative estimate of drug-likeness (QED) is 0.913. The number of pyridine rings is 1. The summed E-state index contributed by atoms with van der Waals surface area (Å²) in [5, 5.41) is 9.39. The van der Waals surface area contributed by atoms with Crippen LogP contribution in [0.15, 0.2) is 48.5 Å². The van der Waals surface area contributed by atoms with Gasteiger partial charge in [-0.1, -0.05) is 36.4 Å². The summed E-state index contributed by atoms with van der Waals surface area (Å²) in [5.74, 6) is 0. The zero-order valence-corrected chi connectivity index (χ0v) is 12.9. The molecule has 0 saturated carbocycles. The fourth-order valence-electron chi connectivity index (χ4n) is 3.16. The second-order valence-electron chi connectivity index (χ2n) is 5.93. The van der Waals surface area contributed by atoms with E-state index in [0.29, 0.717) is 13.0 Å². The molecular weight excluding hydrogens is 290 g/mol. The van der Waals surface area contributed by atoms with Gasteiger partial charge in [-0.15, -0.1) is 0 Å². The van der Waals surface area contributed by atoms with Gasteiger partial charge in [-0.05, 0) is 25.0 Å². The highest BCUT2D eigenvalue weighted by Gasteiger charge is 2.32. The van der Waals surface area contributed by atoms with Crippen molar-refractivity contribution in [1.82, 2.24) is 9.88 Å². The van der Waals surface area contributed by atoms with Crippen molar-refractivity contribution in [3.63, 3.8) is 0 Å². The van der Waals surface area contributed by atoms with Gasteiger partial charge in [0.15, 0.2) is 0 Å². The van der Waals surface area contributed by atoms with Gasteiger partial charge in [0.25, 0.3) is 0 Å². The maximum absolute atomic E-state index is 11.4. The van der Waals surface area contributed by atoms with Gasteiger partial charge in [0.1, 0.15) is 0 Å². The molecule has 2 heterocycles. The number of nitrogens with two attached hydrogens (primary N) is 1. The number of hydrogen-bond donors (Lipinski definition) is 2. The van der Waals surface area contributed by atoms with Gasteiger partial charge in [-0.25, -0.2) is 4.79 Å². The summed E-state index contributed by atoms with van der Waals surface area (Å²) >= 11 is 0. The van der Waals surface area contributed by atoms with Crippen molar-refractivity contribution in [1.29, 1.82) is 0 Å². The molecule has 1 aromatic carbocycles. The summed E-state index contributed by atoms with van der Waals surface area (Å²) < 4.78 is 0. The molecule has 1 amide bonds. The van der Waals surface area contributed by atoms with Crippen molar-refractivity contribution in [3.8, 4) is 11.3 Å². The third-order valence-electron chi connectivity index (χ3n) is 4.37. The number of aromatic nitrogens is 1. The highest BCUT2D eigenvalue weighted by Crippen LogP contribution is 2.22. The first-order chi connectivity index (χ1) is 11.1. The van der Waals surface area contributed by atoms with E-state index in [1.807, 2.05) is 48.5 Å². The zero-order chi connectivity index (χ0) is 16.2. The summed E-state index contributed by atoms with van der Waals surface area (Å²) in [7, 11) is 0. The summed E-state index contributed by atoms with van der Waals surface area (Å²) in [6.07, 6.45) is 1.33. The van der Waals surface area contributed by atoms with Crippen molar-refractivity contribution in [2.24, 2.45) is 5.73 Å². The van der Waals surface area contributed by atoms with Crippen LogP contribution in [0.1, 0.15) is 18.5 Å². The third-order valence-corrected chi connectivity index (χ3v) is 4.37. The fourth-order valence-corrected chi connectivity index (χ4v) is 3.16. The van der Waals surface area contributed by atoms with Crippen molar-refractivity contribution >= 4 is 6.09 Å². The second-order valence-corrected chi connectivity index (χ2v) is 5.93. The number of piperidine rings is 1. The monoisotopic (exact) mass is 311 g/mol. The van der Waals surface area contributed by atoms with Crippen LogP contribution in [0.5, 0.6) is 0 Å². The minimum atomic E-state index is -0.899. The van der Waals surface area contributed by atoms with Crippen molar-refractivity contribution in [2.45, 2.75) is 31.3 Å². The highest BCUT2D eigenvalue weighted by molar-refractivity contribution is 5.66. The molecule has 0 bridgehead atoms. The molecule has 2 atom stereocenters. The van der Waals surface area contributed by atoms with E-state index in [9.17, 15) is 9.90 Å². The Balaban J connectivity index is 1.83. The lowest BCUT2D eigenvalue weighted by molar-refractivity contribution is 0.0971. The summed E-state index contributed by atoms with van der Waals surface area (Å²) in [4.78, 5) is 17.6. The van der Waals surface area contributed by atoms with Crippen molar-refractivity contribution in [2.75, 3.05) is 6.54 Å². The van der Waals surface area contributed by atoms with Gasteiger partial charge in [-0.2, -0.15) is 0 Å². The topological polar surface area (TPSA) is 79.5 Å². The Morgan fingerprint density at radius 2 is 2.00 bits per heavy atom. The lowest BCUT2D eigenvalue weighted by Gasteiger charge is -2.37. The molecule has 1 aliphatic heterocycles. The van der Waals surface area contributed by atoms with E-state index in [0.717, 1.165) is 29.8 Å². The van der Waals surface area contributed by atoms with E-state index in [-0.39, 0.29) is 12.1 Å². The van der Waals surface area contributed by atoms with Gasteiger partial charge in [0.05, 0.1) is 11.7 Å². The van der Waals surface area contributed by atoms with Gasteiger partial charge >= 0.3 is 6.09 Å². The molecule has 1 aromatic heterocycles. The number of hydrogen-bond acceptors (Lipinski definition) is 3. The van der Waals surface area contributed by atoms with Crippen LogP contribution >= 0.6 is 0 Å². The molecule has 3 rings (SSSR count). The Morgan fingerprint density at radius 3 is 2.74 bits per heavy atom. The molecule has 120 valence electrons. The molecule has 1 saturated heterocycles. The molecule has 1 aliphatic rings. The molecule has 5 heteroatoms. The van der Waals surface area contributed by atoms with Crippen molar-refractivity contribution in [3.05, 3.63) is 54.2 Å². The maximum Gasteiger partial charge on any atom is 0.407 e. The van der Waals surface area contributed by atoms with Gasteiger partial charge in [-0.3, -0.25) is 4.98 Å². The van der Waals surface area contributed by atoms with E-state index in [2.05, 4.69) is 0 Å². The molecule has 23 heavy (non-hydrogen) atoms. The second kappa shape index (κ2) is 6.79. The number of carbonyl (C=O) groups is 1. The Bertz CT molecular complexity index is 675. The van der Waals surface area contributed by atoms with Gasteiger partial charge in [0.2, 0.25) is 0 Å².